The van der Waals surface area contributed by atoms with E-state index in [1.165, 1.54) is 29.1 Å². The molecular formula is C28H22ClN3O4S. The number of fused-ring (bicyclic) bond motifs is 1. The normalized spacial score (nSPS) is 15.2. The van der Waals surface area contributed by atoms with Gasteiger partial charge in [0.2, 0.25) is 0 Å². The van der Waals surface area contributed by atoms with E-state index in [0.29, 0.717) is 42.6 Å². The van der Waals surface area contributed by atoms with Crippen LogP contribution in [-0.4, -0.2) is 22.7 Å². The van der Waals surface area contributed by atoms with Crippen LogP contribution in [0, 0.1) is 0 Å². The maximum atomic E-state index is 13.7. The molecule has 0 unspecified atom stereocenters. The lowest BCUT2D eigenvalue weighted by atomic mass is 9.95. The van der Waals surface area contributed by atoms with Crippen molar-refractivity contribution < 1.29 is 14.6 Å². The Balaban J connectivity index is 1.66. The van der Waals surface area contributed by atoms with Crippen molar-refractivity contribution >= 4 is 40.6 Å². The Hall–Kier alpha value is -4.14. The summed E-state index contributed by atoms with van der Waals surface area (Å²) in [5.41, 5.74) is 2.59. The maximum absolute atomic E-state index is 13.7. The number of amides is 1. The fraction of sp³-hybridized carbons (Fsp3) is 0.107. The van der Waals surface area contributed by atoms with E-state index < -0.39 is 6.04 Å². The molecule has 0 aliphatic carbocycles. The smallest absolute Gasteiger partial charge is 0.271 e. The topological polar surface area (TPSA) is 92.9 Å². The Bertz CT molecular complexity index is 1710. The molecule has 0 spiro atoms. The average molecular weight is 532 g/mol. The number of nitrogens with one attached hydrogen (secondary N) is 1. The molecule has 3 aromatic carbocycles. The molecule has 1 atom stereocenters. The first-order valence-electron chi connectivity index (χ1n) is 11.4. The van der Waals surface area contributed by atoms with E-state index in [4.69, 9.17) is 16.3 Å². The van der Waals surface area contributed by atoms with Crippen molar-refractivity contribution in [2.45, 2.75) is 13.0 Å². The summed E-state index contributed by atoms with van der Waals surface area (Å²) >= 11 is 7.35. The number of thiazole rings is 1. The Morgan fingerprint density at radius 2 is 1.86 bits per heavy atom. The fourth-order valence-corrected chi connectivity index (χ4v) is 5.41. The van der Waals surface area contributed by atoms with Gasteiger partial charge in [-0.3, -0.25) is 14.2 Å². The zero-order valence-corrected chi connectivity index (χ0v) is 21.5. The van der Waals surface area contributed by atoms with Crippen molar-refractivity contribution in [3.8, 4) is 11.5 Å². The summed E-state index contributed by atoms with van der Waals surface area (Å²) in [5, 5.41) is 13.6. The van der Waals surface area contributed by atoms with Gasteiger partial charge in [0.1, 0.15) is 0 Å². The highest BCUT2D eigenvalue weighted by molar-refractivity contribution is 7.07. The van der Waals surface area contributed by atoms with E-state index >= 15 is 0 Å². The number of allylic oxidation sites excluding steroid dienone is 1. The zero-order chi connectivity index (χ0) is 26.1. The standard InChI is InChI=1S/C28H22ClN3O4S/c1-16-24(26(34)31-20-6-4-3-5-7-20)25(18-9-11-19(29)12-10-18)32-27(35)23(37-28(32)30-16)15-17-8-13-22(36-2)21(33)14-17/h3-15,25,33H,1-2H3,(H,31,34)/b23-15+/t25-/m1/s1. The van der Waals surface area contributed by atoms with Crippen LogP contribution < -0.4 is 24.9 Å². The second kappa shape index (κ2) is 10.1. The third-order valence-corrected chi connectivity index (χ3v) is 7.22. The number of hydrogen-bond donors (Lipinski definition) is 2. The predicted octanol–water partition coefficient (Wildman–Crippen LogP) is 4.24. The quantitative estimate of drug-likeness (QED) is 0.403. The number of anilines is 1. The van der Waals surface area contributed by atoms with E-state index in [2.05, 4.69) is 10.3 Å². The maximum Gasteiger partial charge on any atom is 0.271 e. The number of ether oxygens (including phenoxy) is 1. The minimum atomic E-state index is -0.705. The van der Waals surface area contributed by atoms with Crippen molar-refractivity contribution in [3.63, 3.8) is 0 Å². The Morgan fingerprint density at radius 3 is 2.54 bits per heavy atom. The van der Waals surface area contributed by atoms with Crippen molar-refractivity contribution in [2.75, 3.05) is 12.4 Å². The molecule has 1 aliphatic heterocycles. The first-order chi connectivity index (χ1) is 17.9. The van der Waals surface area contributed by atoms with Crippen LogP contribution in [0.4, 0.5) is 5.69 Å². The van der Waals surface area contributed by atoms with Gasteiger partial charge in [-0.2, -0.15) is 0 Å². The number of carbonyl (C=O) groups is 1. The van der Waals surface area contributed by atoms with E-state index in [9.17, 15) is 14.7 Å². The van der Waals surface area contributed by atoms with Crippen LogP contribution in [-0.2, 0) is 4.79 Å². The molecule has 7 nitrogen and oxygen atoms in total. The number of aromatic nitrogens is 1. The van der Waals surface area contributed by atoms with Gasteiger partial charge in [-0.25, -0.2) is 4.99 Å². The first-order valence-corrected chi connectivity index (χ1v) is 12.6. The lowest BCUT2D eigenvalue weighted by Gasteiger charge is -2.25. The summed E-state index contributed by atoms with van der Waals surface area (Å²) in [6.45, 7) is 1.77. The van der Waals surface area contributed by atoms with Crippen LogP contribution in [0.3, 0.4) is 0 Å². The largest absolute Gasteiger partial charge is 0.504 e. The van der Waals surface area contributed by atoms with Gasteiger partial charge < -0.3 is 15.2 Å². The highest BCUT2D eigenvalue weighted by Crippen LogP contribution is 2.31. The predicted molar refractivity (Wildman–Crippen MR) is 145 cm³/mol. The Kier molecular flexibility index (Phi) is 6.69. The second-order valence-corrected chi connectivity index (χ2v) is 9.83. The number of rotatable bonds is 5. The van der Waals surface area contributed by atoms with Gasteiger partial charge in [0.25, 0.3) is 11.5 Å². The number of carbonyl (C=O) groups excluding carboxylic acids is 1. The molecule has 1 aromatic heterocycles. The van der Waals surface area contributed by atoms with Crippen molar-refractivity contribution in [3.05, 3.63) is 120 Å². The summed E-state index contributed by atoms with van der Waals surface area (Å²) in [4.78, 5) is 32.4. The molecule has 5 rings (SSSR count). The van der Waals surface area contributed by atoms with Crippen LogP contribution in [0.1, 0.15) is 24.1 Å². The average Bonchev–Trinajstić information content (AvgIpc) is 3.18. The fourth-order valence-electron chi connectivity index (χ4n) is 4.24. The summed E-state index contributed by atoms with van der Waals surface area (Å²) in [7, 11) is 1.47. The number of benzene rings is 3. The van der Waals surface area contributed by atoms with Crippen LogP contribution in [0.25, 0.3) is 6.08 Å². The van der Waals surface area contributed by atoms with E-state index in [0.717, 1.165) is 5.56 Å². The summed E-state index contributed by atoms with van der Waals surface area (Å²) < 4.78 is 7.06. The Labute approximate surface area is 221 Å². The highest BCUT2D eigenvalue weighted by atomic mass is 35.5. The van der Waals surface area contributed by atoms with Crippen molar-refractivity contribution in [1.29, 1.82) is 0 Å². The van der Waals surface area contributed by atoms with E-state index in [-0.39, 0.29) is 17.2 Å². The van der Waals surface area contributed by atoms with Crippen LogP contribution in [0.5, 0.6) is 11.5 Å². The molecule has 186 valence electrons. The lowest BCUT2D eigenvalue weighted by Crippen LogP contribution is -2.40. The summed E-state index contributed by atoms with van der Waals surface area (Å²) in [6.07, 6.45) is 1.69. The van der Waals surface area contributed by atoms with Gasteiger partial charge in [-0.05, 0) is 60.5 Å². The van der Waals surface area contributed by atoms with Gasteiger partial charge >= 0.3 is 0 Å². The molecule has 2 N–H and O–H groups in total. The summed E-state index contributed by atoms with van der Waals surface area (Å²) in [5.74, 6) is -0.0356. The number of phenolic OH excluding ortho intramolecular Hbond substituents is 1. The molecule has 0 saturated carbocycles. The van der Waals surface area contributed by atoms with E-state index in [1.807, 2.05) is 18.2 Å². The first kappa shape index (κ1) is 24.5. The number of halogens is 1. The molecule has 1 amide bonds. The van der Waals surface area contributed by atoms with Crippen LogP contribution >= 0.6 is 22.9 Å². The van der Waals surface area contributed by atoms with Crippen molar-refractivity contribution in [2.24, 2.45) is 4.99 Å². The molecule has 4 aromatic rings. The number of nitrogens with zero attached hydrogens (tertiary/aromatic N) is 2. The molecule has 1 aliphatic rings. The number of methoxy groups -OCH3 is 1. The molecule has 0 bridgehead atoms. The van der Waals surface area contributed by atoms with Gasteiger partial charge in [0, 0.05) is 10.7 Å². The van der Waals surface area contributed by atoms with Crippen LogP contribution in [0.2, 0.25) is 5.02 Å². The molecule has 37 heavy (non-hydrogen) atoms. The minimum Gasteiger partial charge on any atom is -0.504 e. The number of hydrogen-bond acceptors (Lipinski definition) is 6. The van der Waals surface area contributed by atoms with Gasteiger partial charge in [0.15, 0.2) is 16.3 Å². The summed E-state index contributed by atoms with van der Waals surface area (Å²) in [6, 6.07) is 20.4. The molecule has 9 heteroatoms. The third-order valence-electron chi connectivity index (χ3n) is 5.98. The molecular weight excluding hydrogens is 510 g/mol. The third kappa shape index (κ3) is 4.81. The molecule has 0 radical (unpaired) electrons. The number of aromatic hydroxyl groups is 1. The number of para-hydroxylation sites is 1. The SMILES string of the molecule is COc1ccc(/C=c2/sc3n(c2=O)[C@H](c2ccc(Cl)cc2)C(C(=O)Nc2ccccc2)=C(C)N=3)cc1O. The van der Waals surface area contributed by atoms with Crippen LogP contribution in [0.15, 0.2) is 93.9 Å². The lowest BCUT2D eigenvalue weighted by molar-refractivity contribution is -0.113. The Morgan fingerprint density at radius 1 is 1.14 bits per heavy atom. The van der Waals surface area contributed by atoms with Gasteiger partial charge in [0.05, 0.1) is 29.0 Å². The van der Waals surface area contributed by atoms with Gasteiger partial charge in [-0.15, -0.1) is 0 Å². The highest BCUT2D eigenvalue weighted by Gasteiger charge is 2.32. The molecule has 0 fully saturated rings. The number of phenols is 1. The van der Waals surface area contributed by atoms with Gasteiger partial charge in [-0.1, -0.05) is 59.3 Å². The minimum absolute atomic E-state index is 0.0289. The monoisotopic (exact) mass is 531 g/mol. The van der Waals surface area contributed by atoms with E-state index in [1.54, 1.807) is 61.5 Å². The molecule has 2 heterocycles. The zero-order valence-electron chi connectivity index (χ0n) is 19.9. The molecule has 0 saturated heterocycles. The van der Waals surface area contributed by atoms with Crippen molar-refractivity contribution in [1.82, 2.24) is 4.57 Å². The second-order valence-electron chi connectivity index (χ2n) is 8.38.